The molecule has 4 amide bonds. The molecule has 1 saturated carbocycles. The van der Waals surface area contributed by atoms with E-state index in [0.717, 1.165) is 44.6 Å². The molecule has 2 N–H and O–H groups in total. The topological polar surface area (TPSA) is 102 Å². The summed E-state index contributed by atoms with van der Waals surface area (Å²) in [6.45, 7) is 4.19. The number of imide groups is 1. The van der Waals surface area contributed by atoms with Gasteiger partial charge in [-0.3, -0.25) is 24.5 Å². The summed E-state index contributed by atoms with van der Waals surface area (Å²) in [7, 11) is 2.15. The minimum absolute atomic E-state index is 0.0861. The minimum Gasteiger partial charge on any atom is -0.369 e. The highest BCUT2D eigenvalue weighted by atomic mass is 16.2. The number of para-hydroxylation sites is 1. The molecule has 0 radical (unpaired) electrons. The predicted molar refractivity (Wildman–Crippen MR) is 146 cm³/mol. The number of piperidine rings is 1. The molecule has 0 bridgehead atoms. The van der Waals surface area contributed by atoms with Gasteiger partial charge in [0.2, 0.25) is 11.8 Å². The molecule has 2 atom stereocenters. The third-order valence-electron chi connectivity index (χ3n) is 8.81. The molecule has 3 heterocycles. The second kappa shape index (κ2) is 10.4. The number of likely N-dealkylation sites (N-methyl/N-ethyl adjacent to an activating group) is 1. The average molecular weight is 530 g/mol. The molecule has 39 heavy (non-hydrogen) atoms. The molecule has 0 spiro atoms. The van der Waals surface area contributed by atoms with E-state index in [1.165, 1.54) is 22.6 Å². The van der Waals surface area contributed by atoms with Gasteiger partial charge in [-0.2, -0.15) is 0 Å². The van der Waals surface area contributed by atoms with Crippen molar-refractivity contribution in [1.29, 1.82) is 0 Å². The highest BCUT2D eigenvalue weighted by molar-refractivity contribution is 6.06. The number of carbonyl (C=O) groups excluding carboxylic acids is 4. The van der Waals surface area contributed by atoms with Crippen molar-refractivity contribution in [1.82, 2.24) is 20.4 Å². The van der Waals surface area contributed by atoms with Crippen LogP contribution in [0, 0.1) is 5.92 Å². The summed E-state index contributed by atoms with van der Waals surface area (Å²) in [6, 6.07) is 12.8. The number of fused-ring (bicyclic) bond motifs is 1. The Morgan fingerprint density at radius 1 is 1.00 bits per heavy atom. The fraction of sp³-hybridized carbons (Fsp3) is 0.467. The fourth-order valence-electron chi connectivity index (χ4n) is 6.25. The molecule has 3 aliphatic heterocycles. The van der Waals surface area contributed by atoms with Gasteiger partial charge in [-0.1, -0.05) is 24.6 Å². The lowest BCUT2D eigenvalue weighted by atomic mass is 9.76. The summed E-state index contributed by atoms with van der Waals surface area (Å²) in [5.74, 6) is -0.751. The Bertz CT molecular complexity index is 1310. The molecular weight excluding hydrogens is 494 g/mol. The Morgan fingerprint density at radius 2 is 1.77 bits per heavy atom. The molecule has 2 saturated heterocycles. The van der Waals surface area contributed by atoms with Crippen LogP contribution < -0.4 is 15.5 Å². The number of rotatable bonds is 6. The maximum Gasteiger partial charge on any atom is 0.255 e. The molecule has 1 unspecified atom stereocenters. The van der Waals surface area contributed by atoms with E-state index in [1.807, 2.05) is 0 Å². The van der Waals surface area contributed by atoms with Crippen molar-refractivity contribution in [3.8, 4) is 0 Å². The normalized spacial score (nSPS) is 22.8. The standard InChI is InChI=1S/C30H35N5O4/c1-33-13-15-34(16-14-33)24-8-3-2-7-23(24)27(19-5-4-6-19)32-28(37)20-9-10-22-21(17-20)18-35(30(22)39)25-11-12-26(36)31-29(25)38/h2-3,7-10,17,19,25,27H,4-6,11-16,18H2,1H3,(H,32,37)(H,31,36,38)/t25?,27-/m0/s1. The van der Waals surface area contributed by atoms with E-state index in [2.05, 4.69) is 51.7 Å². The van der Waals surface area contributed by atoms with Gasteiger partial charge in [-0.15, -0.1) is 0 Å². The lowest BCUT2D eigenvalue weighted by Crippen LogP contribution is -2.52. The van der Waals surface area contributed by atoms with Gasteiger partial charge in [0.1, 0.15) is 6.04 Å². The van der Waals surface area contributed by atoms with Gasteiger partial charge < -0.3 is 20.0 Å². The van der Waals surface area contributed by atoms with E-state index >= 15 is 0 Å². The number of hydrogen-bond acceptors (Lipinski definition) is 6. The first-order valence-electron chi connectivity index (χ1n) is 14.0. The smallest absolute Gasteiger partial charge is 0.255 e. The van der Waals surface area contributed by atoms with Crippen LogP contribution in [0.5, 0.6) is 0 Å². The number of piperazine rings is 1. The van der Waals surface area contributed by atoms with E-state index in [0.29, 0.717) is 23.5 Å². The second-order valence-corrected chi connectivity index (χ2v) is 11.3. The summed E-state index contributed by atoms with van der Waals surface area (Å²) in [4.78, 5) is 56.9. The van der Waals surface area contributed by atoms with Crippen molar-refractivity contribution in [2.75, 3.05) is 38.1 Å². The molecule has 9 nitrogen and oxygen atoms in total. The first-order valence-corrected chi connectivity index (χ1v) is 14.0. The van der Waals surface area contributed by atoms with E-state index in [4.69, 9.17) is 0 Å². The van der Waals surface area contributed by atoms with E-state index in [1.54, 1.807) is 18.2 Å². The zero-order chi connectivity index (χ0) is 27.1. The molecule has 4 aliphatic rings. The number of benzene rings is 2. The van der Waals surface area contributed by atoms with Crippen LogP contribution in [0.3, 0.4) is 0 Å². The van der Waals surface area contributed by atoms with E-state index in [-0.39, 0.29) is 36.7 Å². The summed E-state index contributed by atoms with van der Waals surface area (Å²) in [6.07, 6.45) is 3.87. The van der Waals surface area contributed by atoms with E-state index in [9.17, 15) is 19.2 Å². The van der Waals surface area contributed by atoms with Crippen molar-refractivity contribution >= 4 is 29.3 Å². The Morgan fingerprint density at radius 3 is 2.49 bits per heavy atom. The maximum atomic E-state index is 13.6. The monoisotopic (exact) mass is 529 g/mol. The molecule has 9 heteroatoms. The Labute approximate surface area is 228 Å². The van der Waals surface area contributed by atoms with Gasteiger partial charge in [0.15, 0.2) is 0 Å². The lowest BCUT2D eigenvalue weighted by molar-refractivity contribution is -0.136. The third kappa shape index (κ3) is 4.91. The zero-order valence-electron chi connectivity index (χ0n) is 22.3. The summed E-state index contributed by atoms with van der Waals surface area (Å²) < 4.78 is 0. The first kappa shape index (κ1) is 25.6. The van der Waals surface area contributed by atoms with Crippen LogP contribution in [0.4, 0.5) is 5.69 Å². The fourth-order valence-corrected chi connectivity index (χ4v) is 6.25. The highest BCUT2D eigenvalue weighted by Gasteiger charge is 2.39. The SMILES string of the molecule is CN1CCN(c2ccccc2[C@@H](NC(=O)c2ccc3c(c2)CN(C2CCC(=O)NC2=O)C3=O)C2CCC2)CC1. The van der Waals surface area contributed by atoms with Gasteiger partial charge in [-0.25, -0.2) is 0 Å². The zero-order valence-corrected chi connectivity index (χ0v) is 22.3. The molecule has 3 fully saturated rings. The van der Waals surface area contributed by atoms with Crippen LogP contribution in [-0.2, 0) is 16.1 Å². The van der Waals surface area contributed by atoms with Crippen molar-refractivity contribution in [2.24, 2.45) is 5.92 Å². The molecule has 6 rings (SSSR count). The number of anilines is 1. The average Bonchev–Trinajstić information content (AvgIpc) is 3.23. The Balaban J connectivity index is 1.22. The second-order valence-electron chi connectivity index (χ2n) is 11.3. The first-order chi connectivity index (χ1) is 18.9. The largest absolute Gasteiger partial charge is 0.369 e. The lowest BCUT2D eigenvalue weighted by Gasteiger charge is -2.39. The van der Waals surface area contributed by atoms with Crippen LogP contribution >= 0.6 is 0 Å². The Hall–Kier alpha value is -3.72. The predicted octanol–water partition coefficient (Wildman–Crippen LogP) is 2.47. The molecular formula is C30H35N5O4. The number of nitrogens with one attached hydrogen (secondary N) is 2. The quantitative estimate of drug-likeness (QED) is 0.558. The Kier molecular flexibility index (Phi) is 6.85. The van der Waals surface area contributed by atoms with Crippen LogP contribution in [0.15, 0.2) is 42.5 Å². The summed E-state index contributed by atoms with van der Waals surface area (Å²) >= 11 is 0. The van der Waals surface area contributed by atoms with Crippen LogP contribution in [-0.4, -0.2) is 72.7 Å². The number of hydrogen-bond donors (Lipinski definition) is 2. The van der Waals surface area contributed by atoms with Gasteiger partial charge in [0, 0.05) is 56.0 Å². The number of nitrogens with zero attached hydrogens (tertiary/aromatic N) is 3. The maximum absolute atomic E-state index is 13.6. The molecule has 204 valence electrons. The van der Waals surface area contributed by atoms with Crippen LogP contribution in [0.25, 0.3) is 0 Å². The molecule has 2 aromatic rings. The molecule has 2 aromatic carbocycles. The van der Waals surface area contributed by atoms with Crippen molar-refractivity contribution in [3.63, 3.8) is 0 Å². The van der Waals surface area contributed by atoms with Gasteiger partial charge >= 0.3 is 0 Å². The minimum atomic E-state index is -0.672. The summed E-state index contributed by atoms with van der Waals surface area (Å²) in [5.41, 5.74) is 4.11. The van der Waals surface area contributed by atoms with Crippen LogP contribution in [0.1, 0.15) is 70.0 Å². The van der Waals surface area contributed by atoms with Gasteiger partial charge in [0.05, 0.1) is 6.04 Å². The third-order valence-corrected chi connectivity index (χ3v) is 8.81. The highest BCUT2D eigenvalue weighted by Crippen LogP contribution is 2.41. The summed E-state index contributed by atoms with van der Waals surface area (Å²) in [5, 5.41) is 5.68. The van der Waals surface area contributed by atoms with Gasteiger partial charge in [-0.05, 0) is 67.6 Å². The number of amides is 4. The van der Waals surface area contributed by atoms with Crippen molar-refractivity contribution in [2.45, 2.75) is 50.7 Å². The van der Waals surface area contributed by atoms with Crippen molar-refractivity contribution in [3.05, 3.63) is 64.7 Å². The van der Waals surface area contributed by atoms with Crippen molar-refractivity contribution < 1.29 is 19.2 Å². The molecule has 1 aliphatic carbocycles. The van der Waals surface area contributed by atoms with E-state index < -0.39 is 11.9 Å². The van der Waals surface area contributed by atoms with Gasteiger partial charge in [0.25, 0.3) is 11.8 Å². The van der Waals surface area contributed by atoms with Crippen LogP contribution in [0.2, 0.25) is 0 Å². The number of carbonyl (C=O) groups is 4. The molecule has 0 aromatic heterocycles.